The molecule has 0 aliphatic rings. The van der Waals surface area contributed by atoms with Gasteiger partial charge in [-0.05, 0) is 31.1 Å². The average molecular weight is 197 g/mol. The monoisotopic (exact) mass is 197 g/mol. The number of aryl methyl sites for hydroxylation is 2. The Morgan fingerprint density at radius 2 is 2.15 bits per heavy atom. The van der Waals surface area contributed by atoms with E-state index in [0.717, 1.165) is 18.5 Å². The van der Waals surface area contributed by atoms with E-state index in [2.05, 4.69) is 30.3 Å². The van der Waals surface area contributed by atoms with Crippen LogP contribution in [0, 0.1) is 4.77 Å². The van der Waals surface area contributed by atoms with Gasteiger partial charge in [0.2, 0.25) is 4.77 Å². The molecule has 1 aromatic rings. The predicted molar refractivity (Wildman–Crippen MR) is 57.1 cm³/mol. The molecule has 0 atom stereocenters. The van der Waals surface area contributed by atoms with Crippen LogP contribution < -0.4 is 5.43 Å². The Kier molecular flexibility index (Phi) is 3.42. The number of aromatic nitrogens is 2. The van der Waals surface area contributed by atoms with Gasteiger partial charge in [0.05, 0.1) is 0 Å². The number of nitrogens with one attached hydrogen (secondary N) is 1. The number of hydrogen-bond acceptors (Lipinski definition) is 3. The molecule has 0 saturated carbocycles. The van der Waals surface area contributed by atoms with Crippen molar-refractivity contribution < 1.29 is 0 Å². The summed E-state index contributed by atoms with van der Waals surface area (Å²) in [4.78, 5) is 4.29. The van der Waals surface area contributed by atoms with E-state index in [9.17, 15) is 0 Å². The minimum atomic E-state index is 0.610. The Bertz CT molecular complexity index is 343. The number of hydrogen-bond donors (Lipinski definition) is 1. The summed E-state index contributed by atoms with van der Waals surface area (Å²) in [6.07, 6.45) is 1.89. The molecular formula is C9H15N3S. The van der Waals surface area contributed by atoms with Crippen molar-refractivity contribution in [1.82, 2.24) is 9.66 Å². The normalized spacial score (nSPS) is 10.1. The molecule has 0 amide bonds. The minimum Gasteiger partial charge on any atom is -0.327 e. The van der Waals surface area contributed by atoms with E-state index in [4.69, 9.17) is 12.2 Å². The first-order valence-electron chi connectivity index (χ1n) is 4.52. The lowest BCUT2D eigenvalue weighted by molar-refractivity contribution is 0.765. The smallest absolute Gasteiger partial charge is 0.218 e. The molecule has 1 aromatic heterocycles. The van der Waals surface area contributed by atoms with E-state index in [0.29, 0.717) is 4.77 Å². The van der Waals surface area contributed by atoms with Crippen LogP contribution in [0.15, 0.2) is 6.07 Å². The predicted octanol–water partition coefficient (Wildman–Crippen LogP) is 1.91. The first-order chi connectivity index (χ1) is 6.22. The van der Waals surface area contributed by atoms with Crippen LogP contribution in [0.3, 0.4) is 0 Å². The van der Waals surface area contributed by atoms with Crippen LogP contribution in [0.2, 0.25) is 0 Å². The van der Waals surface area contributed by atoms with Gasteiger partial charge < -0.3 is 5.43 Å². The second-order valence-corrected chi connectivity index (χ2v) is 3.15. The number of nitrogens with zero attached hydrogens (tertiary/aromatic N) is 2. The zero-order chi connectivity index (χ0) is 9.84. The molecule has 13 heavy (non-hydrogen) atoms. The van der Waals surface area contributed by atoms with Gasteiger partial charge in [0.25, 0.3) is 0 Å². The van der Waals surface area contributed by atoms with Crippen molar-refractivity contribution in [2.75, 3.05) is 12.5 Å². The molecule has 1 heterocycles. The Morgan fingerprint density at radius 3 is 2.62 bits per heavy atom. The molecule has 1 rings (SSSR count). The summed E-state index contributed by atoms with van der Waals surface area (Å²) < 4.78 is 2.45. The van der Waals surface area contributed by atoms with Crippen molar-refractivity contribution in [2.24, 2.45) is 0 Å². The zero-order valence-corrected chi connectivity index (χ0v) is 9.11. The maximum atomic E-state index is 5.15. The Morgan fingerprint density at radius 1 is 1.46 bits per heavy atom. The van der Waals surface area contributed by atoms with E-state index >= 15 is 0 Å². The van der Waals surface area contributed by atoms with E-state index in [1.54, 1.807) is 0 Å². The van der Waals surface area contributed by atoms with E-state index in [1.807, 2.05) is 11.7 Å². The molecule has 0 spiro atoms. The fraction of sp³-hybridized carbons (Fsp3) is 0.556. The highest BCUT2D eigenvalue weighted by molar-refractivity contribution is 7.71. The topological polar surface area (TPSA) is 29.9 Å². The van der Waals surface area contributed by atoms with Crippen molar-refractivity contribution in [1.29, 1.82) is 0 Å². The molecule has 0 aromatic carbocycles. The first-order valence-corrected chi connectivity index (χ1v) is 4.93. The molecule has 0 radical (unpaired) electrons. The van der Waals surface area contributed by atoms with Crippen molar-refractivity contribution in [2.45, 2.75) is 26.7 Å². The van der Waals surface area contributed by atoms with Gasteiger partial charge >= 0.3 is 0 Å². The lowest BCUT2D eigenvalue weighted by atomic mass is 10.2. The lowest BCUT2D eigenvalue weighted by Gasteiger charge is -2.12. The summed E-state index contributed by atoms with van der Waals surface area (Å²) in [6.45, 7) is 4.19. The lowest BCUT2D eigenvalue weighted by Crippen LogP contribution is -2.17. The third-order valence-electron chi connectivity index (χ3n) is 2.00. The van der Waals surface area contributed by atoms with Crippen LogP contribution in [0.5, 0.6) is 0 Å². The highest BCUT2D eigenvalue weighted by atomic mass is 32.1. The van der Waals surface area contributed by atoms with Gasteiger partial charge in [-0.3, -0.25) is 0 Å². The summed E-state index contributed by atoms with van der Waals surface area (Å²) in [5.41, 5.74) is 5.26. The molecule has 4 heteroatoms. The van der Waals surface area contributed by atoms with Crippen molar-refractivity contribution in [3.8, 4) is 0 Å². The molecule has 0 bridgehead atoms. The fourth-order valence-electron chi connectivity index (χ4n) is 1.27. The third kappa shape index (κ3) is 2.06. The van der Waals surface area contributed by atoms with Crippen LogP contribution >= 0.6 is 12.2 Å². The standard InChI is InChI=1S/C9H15N3S/c1-4-7-6-8(5-2)12(10-3)9(13)11-7/h6,10H,4-5H2,1-3H3. The molecule has 0 fully saturated rings. The van der Waals surface area contributed by atoms with Crippen LogP contribution in [0.1, 0.15) is 25.2 Å². The maximum absolute atomic E-state index is 5.15. The third-order valence-corrected chi connectivity index (χ3v) is 2.27. The van der Waals surface area contributed by atoms with Gasteiger partial charge in [-0.15, -0.1) is 0 Å². The highest BCUT2D eigenvalue weighted by Gasteiger charge is 2.01. The Balaban J connectivity index is 3.29. The fourth-order valence-corrected chi connectivity index (χ4v) is 1.59. The molecule has 0 saturated heterocycles. The molecule has 0 unspecified atom stereocenters. The average Bonchev–Trinajstić information content (AvgIpc) is 2.16. The van der Waals surface area contributed by atoms with Crippen molar-refractivity contribution >= 4 is 12.2 Å². The summed E-state index contributed by atoms with van der Waals surface area (Å²) in [5.74, 6) is 0. The second kappa shape index (κ2) is 4.37. The largest absolute Gasteiger partial charge is 0.327 e. The zero-order valence-electron chi connectivity index (χ0n) is 8.29. The summed E-state index contributed by atoms with van der Waals surface area (Å²) >= 11 is 5.15. The molecule has 3 nitrogen and oxygen atoms in total. The highest BCUT2D eigenvalue weighted by Crippen LogP contribution is 2.04. The van der Waals surface area contributed by atoms with Crippen molar-refractivity contribution in [3.63, 3.8) is 0 Å². The Hall–Kier alpha value is -0.900. The Labute approximate surface area is 83.8 Å². The van der Waals surface area contributed by atoms with Crippen LogP contribution in [-0.4, -0.2) is 16.7 Å². The van der Waals surface area contributed by atoms with Gasteiger partial charge in [0, 0.05) is 18.4 Å². The van der Waals surface area contributed by atoms with Gasteiger partial charge in [-0.2, -0.15) is 0 Å². The molecular weight excluding hydrogens is 182 g/mol. The maximum Gasteiger partial charge on any atom is 0.218 e. The van der Waals surface area contributed by atoms with E-state index in [-0.39, 0.29) is 0 Å². The summed E-state index contributed by atoms with van der Waals surface area (Å²) in [5, 5.41) is 0. The van der Waals surface area contributed by atoms with Gasteiger partial charge in [0.1, 0.15) is 0 Å². The summed E-state index contributed by atoms with van der Waals surface area (Å²) in [7, 11) is 1.85. The quantitative estimate of drug-likeness (QED) is 0.751. The molecule has 1 N–H and O–H groups in total. The van der Waals surface area contributed by atoms with Gasteiger partial charge in [0.15, 0.2) is 0 Å². The van der Waals surface area contributed by atoms with Crippen LogP contribution in [0.4, 0.5) is 0 Å². The molecule has 0 aliphatic carbocycles. The summed E-state index contributed by atoms with van der Waals surface area (Å²) in [6, 6.07) is 2.09. The first kappa shape index (κ1) is 10.2. The minimum absolute atomic E-state index is 0.610. The molecule has 0 aliphatic heterocycles. The van der Waals surface area contributed by atoms with Crippen LogP contribution in [-0.2, 0) is 12.8 Å². The van der Waals surface area contributed by atoms with Gasteiger partial charge in [-0.1, -0.05) is 13.8 Å². The molecule has 72 valence electrons. The van der Waals surface area contributed by atoms with E-state index < -0.39 is 0 Å². The SMILES string of the molecule is CCc1cc(CC)n(NC)c(=S)n1. The van der Waals surface area contributed by atoms with Crippen molar-refractivity contribution in [3.05, 3.63) is 22.2 Å². The second-order valence-electron chi connectivity index (χ2n) is 2.79. The van der Waals surface area contributed by atoms with Gasteiger partial charge in [-0.25, -0.2) is 9.66 Å². The van der Waals surface area contributed by atoms with E-state index in [1.165, 1.54) is 5.69 Å². The number of rotatable bonds is 3. The van der Waals surface area contributed by atoms with Crippen LogP contribution in [0.25, 0.3) is 0 Å².